The van der Waals surface area contributed by atoms with E-state index in [4.69, 9.17) is 0 Å². The van der Waals surface area contributed by atoms with E-state index in [0.717, 1.165) is 34.1 Å². The van der Waals surface area contributed by atoms with Crippen LogP contribution in [0, 0.1) is 0 Å². The van der Waals surface area contributed by atoms with Crippen LogP contribution in [0.15, 0.2) is 182 Å². The van der Waals surface area contributed by atoms with Crippen LogP contribution in [0.25, 0.3) is 78.4 Å². The molecule has 0 aliphatic carbocycles. The van der Waals surface area contributed by atoms with Gasteiger partial charge in [-0.1, -0.05) is 153 Å². The second-order valence-corrected chi connectivity index (χ2v) is 24.8. The monoisotopic (exact) mass is 955 g/mol. The number of aromatic nitrogens is 1. The topological polar surface area (TPSA) is 10.9 Å². The second-order valence-electron chi connectivity index (χ2n) is 22.8. The molecule has 0 amide bonds. The van der Waals surface area contributed by atoms with Crippen LogP contribution in [-0.2, 0) is 16.2 Å². The van der Waals surface area contributed by atoms with E-state index in [1.165, 1.54) is 95.1 Å². The van der Waals surface area contributed by atoms with Crippen LogP contribution in [-0.4, -0.2) is 4.40 Å². The summed E-state index contributed by atoms with van der Waals surface area (Å²) in [5.41, 5.74) is 13.7. The smallest absolute Gasteiger partial charge is 0.109 e. The van der Waals surface area contributed by atoms with Gasteiger partial charge in [0.25, 0.3) is 0 Å². The number of benzene rings is 9. The third-order valence-corrected chi connectivity index (χ3v) is 17.2. The normalized spacial score (nSPS) is 12.9. The molecule has 4 aromatic heterocycles. The number of anilines is 6. The lowest BCUT2D eigenvalue weighted by molar-refractivity contribution is 0.590. The summed E-state index contributed by atoms with van der Waals surface area (Å²) in [5, 5.41) is 11.6. The minimum absolute atomic E-state index is 0.0312. The van der Waals surface area contributed by atoms with E-state index in [2.05, 4.69) is 259 Å². The van der Waals surface area contributed by atoms with E-state index >= 15 is 0 Å². The van der Waals surface area contributed by atoms with Crippen molar-refractivity contribution in [2.45, 2.75) is 78.6 Å². The van der Waals surface area contributed by atoms with Crippen LogP contribution in [0.3, 0.4) is 0 Å². The lowest BCUT2D eigenvalue weighted by atomic mass is 9.85. The average Bonchev–Trinajstić information content (AvgIpc) is 4.09. The van der Waals surface area contributed by atoms with Crippen LogP contribution >= 0.6 is 22.7 Å². The Bertz CT molecular complexity index is 4220. The number of rotatable bonds is 6. The first-order valence-electron chi connectivity index (χ1n) is 25.0. The molecule has 0 aliphatic rings. The molecule has 0 N–H and O–H groups in total. The van der Waals surface area contributed by atoms with Crippen LogP contribution in [0.1, 0.15) is 79.0 Å². The number of nitrogens with zero attached hydrogens (tertiary/aromatic N) is 3. The molecule has 0 saturated heterocycles. The van der Waals surface area contributed by atoms with Gasteiger partial charge in [0.1, 0.15) is 4.83 Å². The molecular formula is C66H57N3S2. The molecule has 0 aliphatic heterocycles. The summed E-state index contributed by atoms with van der Waals surface area (Å²) in [6.07, 6.45) is 0. The zero-order valence-electron chi connectivity index (χ0n) is 42.0. The second kappa shape index (κ2) is 15.7. The maximum Gasteiger partial charge on any atom is 0.109 e. The van der Waals surface area contributed by atoms with E-state index in [1.807, 2.05) is 22.7 Å². The summed E-state index contributed by atoms with van der Waals surface area (Å²) in [5.74, 6) is 0. The first-order chi connectivity index (χ1) is 34.1. The zero-order valence-corrected chi connectivity index (χ0v) is 43.6. The molecule has 0 fully saturated rings. The van der Waals surface area contributed by atoms with Gasteiger partial charge in [0.2, 0.25) is 0 Å². The van der Waals surface area contributed by atoms with Gasteiger partial charge in [0.15, 0.2) is 0 Å². The summed E-state index contributed by atoms with van der Waals surface area (Å²) in [6, 6.07) is 68.8. The zero-order chi connectivity index (χ0) is 48.7. The number of hydrogen-bond donors (Lipinski definition) is 0. The highest BCUT2D eigenvalue weighted by Crippen LogP contribution is 2.52. The van der Waals surface area contributed by atoms with Gasteiger partial charge in [-0.15, -0.1) is 22.7 Å². The van der Waals surface area contributed by atoms with Crippen molar-refractivity contribution in [3.8, 4) is 0 Å². The largest absolute Gasteiger partial charge is 0.310 e. The molecule has 0 bridgehead atoms. The summed E-state index contributed by atoms with van der Waals surface area (Å²) < 4.78 is 6.56. The Hall–Kier alpha value is -7.18. The lowest BCUT2D eigenvalue weighted by Crippen LogP contribution is -2.13. The molecule has 3 nitrogen and oxygen atoms in total. The maximum absolute atomic E-state index is 2.63. The number of fused-ring (bicyclic) bond motifs is 12. The first kappa shape index (κ1) is 43.8. The van der Waals surface area contributed by atoms with Crippen molar-refractivity contribution in [2.75, 3.05) is 9.80 Å². The predicted octanol–water partition coefficient (Wildman–Crippen LogP) is 20.4. The van der Waals surface area contributed by atoms with Crippen LogP contribution < -0.4 is 9.80 Å². The highest BCUT2D eigenvalue weighted by molar-refractivity contribution is 7.27. The Balaban J connectivity index is 1.01. The predicted molar refractivity (Wildman–Crippen MR) is 312 cm³/mol. The Kier molecular flexibility index (Phi) is 9.66. The van der Waals surface area contributed by atoms with E-state index < -0.39 is 0 Å². The van der Waals surface area contributed by atoms with Crippen LogP contribution in [0.2, 0.25) is 0 Å². The van der Waals surface area contributed by atoms with Crippen LogP contribution in [0.5, 0.6) is 0 Å². The number of hydrogen-bond acceptors (Lipinski definition) is 4. The van der Waals surface area contributed by atoms with Gasteiger partial charge in [-0.2, -0.15) is 0 Å². The Morgan fingerprint density at radius 1 is 0.338 bits per heavy atom. The van der Waals surface area contributed by atoms with E-state index in [9.17, 15) is 0 Å². The van der Waals surface area contributed by atoms with Gasteiger partial charge in [0.05, 0.1) is 15.7 Å². The fraction of sp³-hybridized carbons (Fsp3) is 0.182. The molecule has 0 atom stereocenters. The molecule has 13 aromatic rings. The molecule has 5 heteroatoms. The van der Waals surface area contributed by atoms with E-state index in [1.54, 1.807) is 0 Å². The minimum Gasteiger partial charge on any atom is -0.310 e. The summed E-state index contributed by atoms with van der Waals surface area (Å²) in [7, 11) is 0. The van der Waals surface area contributed by atoms with Gasteiger partial charge in [-0.3, -0.25) is 4.40 Å². The van der Waals surface area contributed by atoms with E-state index in [0.29, 0.717) is 0 Å². The Morgan fingerprint density at radius 3 is 1.27 bits per heavy atom. The van der Waals surface area contributed by atoms with Gasteiger partial charge < -0.3 is 9.80 Å². The quantitative estimate of drug-likeness (QED) is 0.164. The summed E-state index contributed by atoms with van der Waals surface area (Å²) in [6.45, 7) is 20.8. The standard InChI is InChI=1S/C66H57N3S2/c1-64(2,3)44-20-26-47(27-21-44)67(49-24-18-40-14-10-12-16-42(40)34-49)51-30-32-53-57(38-51)71-63-59(53)55-36-46(66(7,8)9)37-56-60(55)69(63)61-54-33-31-52(39-58(54)70-62(56)61)68(48-28-22-45(23-29-48)65(4,5)6)50-25-19-41-15-11-13-17-43(41)35-50/h10-39H,1-9H3. The Morgan fingerprint density at radius 2 is 0.761 bits per heavy atom. The molecule has 9 aromatic carbocycles. The fourth-order valence-electron chi connectivity index (χ4n) is 11.0. The Labute approximate surface area is 424 Å². The molecule has 0 saturated carbocycles. The van der Waals surface area contributed by atoms with Crippen molar-refractivity contribution in [1.82, 2.24) is 4.40 Å². The highest BCUT2D eigenvalue weighted by Gasteiger charge is 2.28. The third kappa shape index (κ3) is 7.11. The van der Waals surface area contributed by atoms with Crippen molar-refractivity contribution in [3.63, 3.8) is 0 Å². The fourth-order valence-corrected chi connectivity index (χ4v) is 13.5. The van der Waals surface area contributed by atoms with Gasteiger partial charge in [-0.05, 0) is 145 Å². The van der Waals surface area contributed by atoms with Crippen molar-refractivity contribution < 1.29 is 0 Å². The lowest BCUT2D eigenvalue weighted by Gasteiger charge is -2.27. The van der Waals surface area contributed by atoms with Crippen molar-refractivity contribution in [3.05, 3.63) is 199 Å². The molecular weight excluding hydrogens is 899 g/mol. The summed E-state index contributed by atoms with van der Waals surface area (Å²) >= 11 is 3.87. The molecule has 0 spiro atoms. The SMILES string of the molecule is CC(C)(C)c1ccc(N(c2ccc3ccccc3c2)c2ccc3c(c2)sc2c3c3cc(C(C)(C)C)cc4c5sc6cc(N(c7ccc(C(C)(C)C)cc7)c7ccc8ccccc8c7)ccc6c5n2c43)cc1. The molecule has 0 unspecified atom stereocenters. The van der Waals surface area contributed by atoms with Crippen molar-refractivity contribution in [2.24, 2.45) is 0 Å². The van der Waals surface area contributed by atoms with Gasteiger partial charge in [-0.25, -0.2) is 0 Å². The number of thiophene rings is 2. The van der Waals surface area contributed by atoms with Crippen LogP contribution in [0.4, 0.5) is 34.1 Å². The summed E-state index contributed by atoms with van der Waals surface area (Å²) in [4.78, 5) is 6.18. The van der Waals surface area contributed by atoms with Crippen molar-refractivity contribution in [1.29, 1.82) is 0 Å². The van der Waals surface area contributed by atoms with Crippen molar-refractivity contribution >= 4 is 135 Å². The first-order valence-corrected chi connectivity index (χ1v) is 26.6. The van der Waals surface area contributed by atoms with Gasteiger partial charge >= 0.3 is 0 Å². The molecule has 4 heterocycles. The minimum atomic E-state index is -0.0312. The van der Waals surface area contributed by atoms with E-state index in [-0.39, 0.29) is 16.2 Å². The molecule has 0 radical (unpaired) electrons. The highest BCUT2D eigenvalue weighted by atomic mass is 32.1. The van der Waals surface area contributed by atoms with Gasteiger partial charge in [0, 0.05) is 70.5 Å². The molecule has 348 valence electrons. The molecule has 13 rings (SSSR count). The average molecular weight is 956 g/mol. The maximum atomic E-state index is 2.63. The molecule has 71 heavy (non-hydrogen) atoms. The third-order valence-electron chi connectivity index (χ3n) is 14.9.